The zero-order valence-corrected chi connectivity index (χ0v) is 17.5. The first-order valence-electron chi connectivity index (χ1n) is 8.82. The van der Waals surface area contributed by atoms with Crippen LogP contribution in [-0.2, 0) is 16.0 Å². The van der Waals surface area contributed by atoms with Gasteiger partial charge < -0.3 is 15.9 Å². The zero-order chi connectivity index (χ0) is 20.3. The fourth-order valence-corrected chi connectivity index (χ4v) is 3.02. The lowest BCUT2D eigenvalue weighted by Gasteiger charge is -2.06. The molecular weight excluding hydrogens is 408 g/mol. The number of hydrogen-bond acceptors (Lipinski definition) is 4. The minimum atomic E-state index is -0.246. The van der Waals surface area contributed by atoms with Gasteiger partial charge >= 0.3 is 11.7 Å². The Morgan fingerprint density at radius 1 is 1.07 bits per heavy atom. The summed E-state index contributed by atoms with van der Waals surface area (Å²) < 4.78 is 7.84. The van der Waals surface area contributed by atoms with Gasteiger partial charge in [0.1, 0.15) is 5.84 Å². The quantitative estimate of drug-likeness (QED) is 0.349. The molecule has 30 heavy (non-hydrogen) atoms. The van der Waals surface area contributed by atoms with Crippen LogP contribution in [0.1, 0.15) is 23.2 Å². The van der Waals surface area contributed by atoms with Crippen molar-refractivity contribution in [3.05, 3.63) is 82.0 Å². The van der Waals surface area contributed by atoms with Gasteiger partial charge in [-0.05, 0) is 55.3 Å². The second-order valence-corrected chi connectivity index (χ2v) is 6.46. The van der Waals surface area contributed by atoms with Crippen LogP contribution in [0.4, 0.5) is 0 Å². The first-order chi connectivity index (χ1) is 13.4. The van der Waals surface area contributed by atoms with Gasteiger partial charge in [0.05, 0.1) is 18.5 Å². The monoisotopic (exact) mass is 432 g/mol. The lowest BCUT2D eigenvalue weighted by molar-refractivity contribution is -0.140. The highest BCUT2D eigenvalue weighted by Gasteiger charge is 2.12. The fraction of sp³-hybridized carbons (Fsp3) is 0.190. The molecule has 0 fully saturated rings. The second kappa shape index (κ2) is 10.4. The average molecular weight is 433 g/mol. The van der Waals surface area contributed by atoms with Crippen molar-refractivity contribution in [2.24, 2.45) is 5.73 Å². The predicted octanol–water partition coefficient (Wildman–Crippen LogP) is 1.92. The van der Waals surface area contributed by atoms with Gasteiger partial charge in [-0.25, -0.2) is 4.79 Å². The lowest BCUT2D eigenvalue weighted by atomic mass is 10.1. The smallest absolute Gasteiger partial charge is 0.337 e. The number of halogens is 1. The topological polar surface area (TPSA) is 135 Å². The molecule has 0 aliphatic heterocycles. The summed E-state index contributed by atoms with van der Waals surface area (Å²) >= 11 is 0. The van der Waals surface area contributed by atoms with E-state index in [9.17, 15) is 9.59 Å². The summed E-state index contributed by atoms with van der Waals surface area (Å²) in [5, 5.41) is 7.47. The van der Waals surface area contributed by atoms with Crippen LogP contribution >= 0.6 is 12.4 Å². The first kappa shape index (κ1) is 24.7. The largest absolute Gasteiger partial charge is 0.469 e. The van der Waals surface area contributed by atoms with Gasteiger partial charge in [0.2, 0.25) is 0 Å². The molecule has 0 radical (unpaired) electrons. The molecule has 0 saturated heterocycles. The highest BCUT2D eigenvalue weighted by molar-refractivity contribution is 5.95. The van der Waals surface area contributed by atoms with Crippen molar-refractivity contribution in [2.45, 2.75) is 19.8 Å². The molecule has 1 aromatic heterocycles. The van der Waals surface area contributed by atoms with Crippen molar-refractivity contribution in [2.75, 3.05) is 7.11 Å². The number of amidine groups is 1. The van der Waals surface area contributed by atoms with Crippen molar-refractivity contribution in [1.82, 2.24) is 9.13 Å². The molecule has 8 nitrogen and oxygen atoms in total. The van der Waals surface area contributed by atoms with E-state index in [4.69, 9.17) is 11.1 Å². The molecule has 0 amide bonds. The number of methoxy groups -OCH3 is 1. The Balaban J connectivity index is 0.00000225. The Morgan fingerprint density at radius 3 is 2.17 bits per heavy atom. The van der Waals surface area contributed by atoms with Crippen molar-refractivity contribution < 1.29 is 15.0 Å². The van der Waals surface area contributed by atoms with E-state index in [1.165, 1.54) is 7.11 Å². The molecule has 3 rings (SSSR count). The molecular formula is C21H25ClN4O4. The van der Waals surface area contributed by atoms with Gasteiger partial charge in [-0.3, -0.25) is 19.3 Å². The predicted molar refractivity (Wildman–Crippen MR) is 118 cm³/mol. The first-order valence-corrected chi connectivity index (χ1v) is 8.82. The van der Waals surface area contributed by atoms with E-state index in [2.05, 4.69) is 4.74 Å². The van der Waals surface area contributed by atoms with Crippen LogP contribution in [0, 0.1) is 12.3 Å². The molecule has 2 aromatic carbocycles. The van der Waals surface area contributed by atoms with E-state index in [-0.39, 0.29) is 35.4 Å². The van der Waals surface area contributed by atoms with Crippen molar-refractivity contribution in [3.8, 4) is 11.4 Å². The lowest BCUT2D eigenvalue weighted by Crippen LogP contribution is -2.22. The SMILES string of the molecule is COC(=O)CCc1ccc(-n2cc(C)n(-c3ccc(C(=N)N)cc3)c2=O)cc1.Cl.O. The van der Waals surface area contributed by atoms with E-state index < -0.39 is 0 Å². The number of esters is 1. The molecule has 160 valence electrons. The van der Waals surface area contributed by atoms with Crippen molar-refractivity contribution >= 4 is 24.2 Å². The molecule has 0 bridgehead atoms. The summed E-state index contributed by atoms with van der Waals surface area (Å²) in [5.74, 6) is -0.260. The van der Waals surface area contributed by atoms with Crippen LogP contribution in [0.3, 0.4) is 0 Å². The van der Waals surface area contributed by atoms with Crippen LogP contribution in [0.15, 0.2) is 59.5 Å². The van der Waals surface area contributed by atoms with Gasteiger partial charge in [0.25, 0.3) is 0 Å². The van der Waals surface area contributed by atoms with Crippen LogP contribution in [-0.4, -0.2) is 33.5 Å². The minimum absolute atomic E-state index is 0. The van der Waals surface area contributed by atoms with E-state index in [0.29, 0.717) is 24.1 Å². The third-order valence-corrected chi connectivity index (χ3v) is 4.56. The molecule has 9 heteroatoms. The highest BCUT2D eigenvalue weighted by atomic mass is 35.5. The number of rotatable bonds is 6. The minimum Gasteiger partial charge on any atom is -0.469 e. The molecule has 5 N–H and O–H groups in total. The number of aryl methyl sites for hydroxylation is 2. The summed E-state index contributed by atoms with van der Waals surface area (Å²) in [6, 6.07) is 14.5. The molecule has 0 saturated carbocycles. The Bertz CT molecular complexity index is 1070. The van der Waals surface area contributed by atoms with E-state index in [1.807, 2.05) is 31.2 Å². The Kier molecular flexibility index (Phi) is 8.58. The zero-order valence-electron chi connectivity index (χ0n) is 16.7. The fourth-order valence-electron chi connectivity index (χ4n) is 3.02. The number of nitrogen functional groups attached to an aromatic ring is 1. The van der Waals surface area contributed by atoms with E-state index in [1.54, 1.807) is 39.6 Å². The number of carbonyl (C=O) groups excluding carboxylic acids is 1. The van der Waals surface area contributed by atoms with Gasteiger partial charge in [-0.2, -0.15) is 0 Å². The molecule has 0 aliphatic rings. The standard InChI is InChI=1S/C21H22N4O3.ClH.H2O/c1-14-13-24(17-8-3-15(4-9-17)5-12-19(26)28-2)21(27)25(14)18-10-6-16(7-11-18)20(22)23;;/h3-4,6-11,13H,5,12H2,1-2H3,(H3,22,23);1H;1H2. The summed E-state index contributed by atoms with van der Waals surface area (Å²) in [6.45, 7) is 1.86. The third kappa shape index (κ3) is 5.16. The summed E-state index contributed by atoms with van der Waals surface area (Å²) in [6.07, 6.45) is 2.69. The number of carbonyl (C=O) groups is 1. The Hall–Kier alpha value is -3.36. The number of aromatic nitrogens is 2. The second-order valence-electron chi connectivity index (χ2n) is 6.46. The van der Waals surface area contributed by atoms with Gasteiger partial charge in [-0.1, -0.05) is 12.1 Å². The highest BCUT2D eigenvalue weighted by Crippen LogP contribution is 2.15. The number of imidazole rings is 1. The summed E-state index contributed by atoms with van der Waals surface area (Å²) in [7, 11) is 1.37. The molecule has 0 spiro atoms. The number of nitrogens with zero attached hydrogens (tertiary/aromatic N) is 2. The maximum atomic E-state index is 12.9. The Morgan fingerprint density at radius 2 is 1.63 bits per heavy atom. The molecule has 0 atom stereocenters. The summed E-state index contributed by atoms with van der Waals surface area (Å²) in [4.78, 5) is 24.2. The summed E-state index contributed by atoms with van der Waals surface area (Å²) in [5.41, 5.74) is 9.15. The van der Waals surface area contributed by atoms with Crippen molar-refractivity contribution in [1.29, 1.82) is 5.41 Å². The molecule has 0 unspecified atom stereocenters. The number of nitrogens with two attached hydrogens (primary N) is 1. The van der Waals surface area contributed by atoms with E-state index >= 15 is 0 Å². The normalized spacial score (nSPS) is 9.93. The van der Waals surface area contributed by atoms with Crippen LogP contribution in [0.2, 0.25) is 0 Å². The third-order valence-electron chi connectivity index (χ3n) is 4.56. The molecule has 0 aliphatic carbocycles. The van der Waals surface area contributed by atoms with Crippen LogP contribution < -0.4 is 11.4 Å². The Labute approximate surface area is 180 Å². The number of benzene rings is 2. The number of nitrogens with one attached hydrogen (secondary N) is 1. The van der Waals surface area contributed by atoms with Gasteiger partial charge in [0.15, 0.2) is 0 Å². The maximum Gasteiger partial charge on any atom is 0.337 e. The average Bonchev–Trinajstić information content (AvgIpc) is 3.00. The van der Waals surface area contributed by atoms with Crippen LogP contribution in [0.25, 0.3) is 11.4 Å². The number of ether oxygens (including phenoxy) is 1. The van der Waals surface area contributed by atoms with Gasteiger partial charge in [0, 0.05) is 23.9 Å². The van der Waals surface area contributed by atoms with Crippen LogP contribution in [0.5, 0.6) is 0 Å². The van der Waals surface area contributed by atoms with Crippen molar-refractivity contribution in [3.63, 3.8) is 0 Å². The molecule has 3 aromatic rings. The number of hydrogen-bond donors (Lipinski definition) is 2. The maximum absolute atomic E-state index is 12.9. The molecule has 1 heterocycles. The van der Waals surface area contributed by atoms with Gasteiger partial charge in [-0.15, -0.1) is 12.4 Å². The van der Waals surface area contributed by atoms with E-state index in [0.717, 1.165) is 16.9 Å².